The highest BCUT2D eigenvalue weighted by molar-refractivity contribution is 6.31. The Hall–Kier alpha value is -3.57. The van der Waals surface area contributed by atoms with Crippen molar-refractivity contribution in [2.75, 3.05) is 37.5 Å². The third kappa shape index (κ3) is 4.50. The molecule has 3 aromatic rings. The number of aromatic nitrogens is 1. The summed E-state index contributed by atoms with van der Waals surface area (Å²) < 4.78 is 24.2. The lowest BCUT2D eigenvalue weighted by Gasteiger charge is -2.34. The van der Waals surface area contributed by atoms with Crippen LogP contribution >= 0.6 is 11.6 Å². The lowest BCUT2D eigenvalue weighted by atomic mass is 9.94. The maximum absolute atomic E-state index is 13.4. The van der Waals surface area contributed by atoms with Crippen molar-refractivity contribution in [1.29, 1.82) is 5.26 Å². The van der Waals surface area contributed by atoms with Gasteiger partial charge < -0.3 is 19.7 Å². The summed E-state index contributed by atoms with van der Waals surface area (Å²) in [6.07, 6.45) is 2.76. The molecular weight excluding hydrogens is 447 g/mol. The molecule has 1 aliphatic heterocycles. The third-order valence-electron chi connectivity index (χ3n) is 5.83. The first-order chi connectivity index (χ1) is 15.9. The topological polar surface area (TPSA) is 87.5 Å². The van der Waals surface area contributed by atoms with Gasteiger partial charge in [-0.3, -0.25) is 9.78 Å². The van der Waals surface area contributed by atoms with Gasteiger partial charge in [-0.1, -0.05) is 11.6 Å². The lowest BCUT2D eigenvalue weighted by molar-refractivity contribution is -0.120. The summed E-state index contributed by atoms with van der Waals surface area (Å²) >= 11 is 5.81. The van der Waals surface area contributed by atoms with E-state index in [1.165, 1.54) is 18.2 Å². The van der Waals surface area contributed by atoms with E-state index < -0.39 is 5.82 Å². The molecule has 2 aromatic carbocycles. The summed E-state index contributed by atoms with van der Waals surface area (Å²) in [6.45, 7) is 1.18. The van der Waals surface area contributed by atoms with Crippen LogP contribution in [0.25, 0.3) is 10.9 Å². The van der Waals surface area contributed by atoms with Crippen LogP contribution in [0.15, 0.2) is 36.5 Å². The zero-order valence-corrected chi connectivity index (χ0v) is 18.9. The van der Waals surface area contributed by atoms with Gasteiger partial charge in [-0.05, 0) is 37.1 Å². The Bertz CT molecular complexity index is 1250. The fraction of sp³-hybridized carbons (Fsp3) is 0.292. The minimum Gasteiger partial charge on any atom is -0.493 e. The minimum absolute atomic E-state index is 0.0386. The predicted octanol–water partition coefficient (Wildman–Crippen LogP) is 4.77. The third-order valence-corrected chi connectivity index (χ3v) is 6.12. The van der Waals surface area contributed by atoms with Gasteiger partial charge in [-0.2, -0.15) is 5.26 Å². The molecule has 1 aromatic heterocycles. The number of methoxy groups -OCH3 is 2. The number of hydrogen-bond acceptors (Lipinski definition) is 6. The van der Waals surface area contributed by atoms with Crippen molar-refractivity contribution in [1.82, 2.24) is 4.98 Å². The molecule has 4 rings (SSSR count). The van der Waals surface area contributed by atoms with Gasteiger partial charge in [-0.15, -0.1) is 0 Å². The molecule has 0 spiro atoms. The first-order valence-electron chi connectivity index (χ1n) is 10.4. The molecule has 0 unspecified atom stereocenters. The van der Waals surface area contributed by atoms with Crippen LogP contribution in [-0.4, -0.2) is 38.2 Å². The number of carbonyl (C=O) groups is 1. The quantitative estimate of drug-likeness (QED) is 0.580. The largest absolute Gasteiger partial charge is 0.493 e. The Kier molecular flexibility index (Phi) is 6.52. The number of nitriles is 1. The zero-order chi connectivity index (χ0) is 23.5. The van der Waals surface area contributed by atoms with Gasteiger partial charge in [0, 0.05) is 42.3 Å². The van der Waals surface area contributed by atoms with Gasteiger partial charge in [-0.25, -0.2) is 4.39 Å². The van der Waals surface area contributed by atoms with Crippen molar-refractivity contribution in [2.45, 2.75) is 12.8 Å². The van der Waals surface area contributed by atoms with Crippen molar-refractivity contribution >= 4 is 39.8 Å². The number of fused-ring (bicyclic) bond motifs is 1. The summed E-state index contributed by atoms with van der Waals surface area (Å²) in [6, 6.07) is 9.95. The van der Waals surface area contributed by atoms with Crippen molar-refractivity contribution in [2.24, 2.45) is 5.92 Å². The highest BCUT2D eigenvalue weighted by atomic mass is 35.5. The fourth-order valence-electron chi connectivity index (χ4n) is 4.11. The number of ether oxygens (including phenoxy) is 2. The van der Waals surface area contributed by atoms with Crippen LogP contribution in [0.2, 0.25) is 5.02 Å². The van der Waals surface area contributed by atoms with Crippen LogP contribution in [0.3, 0.4) is 0 Å². The van der Waals surface area contributed by atoms with Gasteiger partial charge in [0.25, 0.3) is 0 Å². The van der Waals surface area contributed by atoms with E-state index >= 15 is 0 Å². The Morgan fingerprint density at radius 2 is 1.91 bits per heavy atom. The Morgan fingerprint density at radius 1 is 1.21 bits per heavy atom. The number of hydrogen-bond donors (Lipinski definition) is 1. The molecule has 33 heavy (non-hydrogen) atoms. The summed E-state index contributed by atoms with van der Waals surface area (Å²) in [5.41, 5.74) is 2.38. The highest BCUT2D eigenvalue weighted by Crippen LogP contribution is 2.38. The van der Waals surface area contributed by atoms with E-state index in [1.54, 1.807) is 26.5 Å². The predicted molar refractivity (Wildman–Crippen MR) is 125 cm³/mol. The Labute approximate surface area is 195 Å². The number of rotatable bonds is 5. The molecule has 1 saturated heterocycles. The van der Waals surface area contributed by atoms with E-state index in [-0.39, 0.29) is 16.8 Å². The molecule has 1 fully saturated rings. The molecule has 2 heterocycles. The van der Waals surface area contributed by atoms with Gasteiger partial charge >= 0.3 is 0 Å². The van der Waals surface area contributed by atoms with E-state index in [4.69, 9.17) is 21.1 Å². The molecule has 0 bridgehead atoms. The van der Waals surface area contributed by atoms with Crippen molar-refractivity contribution in [3.8, 4) is 17.6 Å². The second-order valence-corrected chi connectivity index (χ2v) is 8.14. The minimum atomic E-state index is -0.532. The smallest absolute Gasteiger partial charge is 0.227 e. The first kappa shape index (κ1) is 22.6. The second-order valence-electron chi connectivity index (χ2n) is 7.74. The number of piperidine rings is 1. The van der Waals surface area contributed by atoms with E-state index in [2.05, 4.69) is 21.3 Å². The van der Waals surface area contributed by atoms with Crippen molar-refractivity contribution in [3.05, 3.63) is 52.9 Å². The van der Waals surface area contributed by atoms with Gasteiger partial charge in [0.15, 0.2) is 11.5 Å². The van der Waals surface area contributed by atoms with E-state index in [0.717, 1.165) is 11.1 Å². The molecule has 0 atom stereocenters. The fourth-order valence-corrected chi connectivity index (χ4v) is 4.29. The number of carbonyl (C=O) groups excluding carboxylic acids is 1. The van der Waals surface area contributed by atoms with Crippen LogP contribution in [0, 0.1) is 23.1 Å². The number of pyridine rings is 1. The summed E-state index contributed by atoms with van der Waals surface area (Å²) in [5, 5.41) is 13.3. The molecule has 7 nitrogen and oxygen atoms in total. The number of benzene rings is 2. The van der Waals surface area contributed by atoms with E-state index in [0.29, 0.717) is 54.2 Å². The van der Waals surface area contributed by atoms with Crippen LogP contribution < -0.4 is 19.7 Å². The Morgan fingerprint density at radius 3 is 2.55 bits per heavy atom. The monoisotopic (exact) mass is 468 g/mol. The molecule has 1 aliphatic rings. The average molecular weight is 469 g/mol. The molecule has 1 N–H and O–H groups in total. The average Bonchev–Trinajstić information content (AvgIpc) is 2.84. The number of anilines is 2. The number of nitrogens with one attached hydrogen (secondary N) is 1. The Balaban J connectivity index is 1.55. The zero-order valence-electron chi connectivity index (χ0n) is 18.2. The molecule has 1 amide bonds. The number of amides is 1. The van der Waals surface area contributed by atoms with Crippen molar-refractivity contribution in [3.63, 3.8) is 0 Å². The summed E-state index contributed by atoms with van der Waals surface area (Å²) in [4.78, 5) is 19.2. The van der Waals surface area contributed by atoms with Crippen molar-refractivity contribution < 1.29 is 18.7 Å². The van der Waals surface area contributed by atoms with E-state index in [1.807, 2.05) is 6.07 Å². The van der Waals surface area contributed by atoms with Gasteiger partial charge in [0.1, 0.15) is 11.9 Å². The SMILES string of the molecule is COc1cc2ncc(C#N)c(N3CCC(C(=O)Nc4ccc(F)c(Cl)c4)CC3)c2cc1OC. The summed E-state index contributed by atoms with van der Waals surface area (Å²) in [5.74, 6) is 0.233. The molecule has 0 saturated carbocycles. The first-order valence-corrected chi connectivity index (χ1v) is 10.8. The van der Waals surface area contributed by atoms with Gasteiger partial charge in [0.05, 0.1) is 36.0 Å². The lowest BCUT2D eigenvalue weighted by Crippen LogP contribution is -2.38. The van der Waals surface area contributed by atoms with Gasteiger partial charge in [0.2, 0.25) is 5.91 Å². The molecule has 0 radical (unpaired) electrons. The molecule has 9 heteroatoms. The van der Waals surface area contributed by atoms with E-state index in [9.17, 15) is 14.4 Å². The van der Waals surface area contributed by atoms with Crippen LogP contribution in [0.1, 0.15) is 18.4 Å². The summed E-state index contributed by atoms with van der Waals surface area (Å²) in [7, 11) is 3.12. The maximum Gasteiger partial charge on any atom is 0.227 e. The van der Waals surface area contributed by atoms with Crippen LogP contribution in [0.4, 0.5) is 15.8 Å². The number of nitrogens with zero attached hydrogens (tertiary/aromatic N) is 3. The number of halogens is 2. The highest BCUT2D eigenvalue weighted by Gasteiger charge is 2.28. The second kappa shape index (κ2) is 9.51. The maximum atomic E-state index is 13.4. The molecular formula is C24H22ClFN4O3. The van der Waals surface area contributed by atoms with Crippen LogP contribution in [0.5, 0.6) is 11.5 Å². The standard InChI is InChI=1S/C24H22ClFN4O3/c1-32-21-10-17-20(11-22(21)33-2)28-13-15(12-27)23(17)30-7-5-14(6-8-30)24(31)29-16-3-4-19(26)18(25)9-16/h3-4,9-11,13-14H,5-8H2,1-2H3,(H,29,31). The molecule has 0 aliphatic carbocycles. The molecule has 170 valence electrons. The van der Waals surface area contributed by atoms with Crippen LogP contribution in [-0.2, 0) is 4.79 Å². The normalized spacial score (nSPS) is 14.1.